The number of hydrogen-bond donors (Lipinski definition) is 2. The van der Waals surface area contributed by atoms with Crippen LogP contribution in [-0.2, 0) is 15.8 Å². The van der Waals surface area contributed by atoms with Gasteiger partial charge in [0.2, 0.25) is 5.91 Å². The Balaban J connectivity index is 3.04. The standard InChI is InChI=1S/C16H17F3N2O3/c1-3-15(4-2,14(23)24)8-13(22)21-11-6-5-10(9-20)12(7-11)16(17,18)19/h5-7H,3-4,8H2,1-2H3,(H,21,22)(H,23,24). The molecule has 0 fully saturated rings. The zero-order valence-corrected chi connectivity index (χ0v) is 13.2. The minimum atomic E-state index is -4.73. The summed E-state index contributed by atoms with van der Waals surface area (Å²) in [6.45, 7) is 3.27. The van der Waals surface area contributed by atoms with Gasteiger partial charge in [-0.25, -0.2) is 0 Å². The molecule has 0 spiro atoms. The zero-order valence-electron chi connectivity index (χ0n) is 13.2. The molecule has 1 aromatic rings. The van der Waals surface area contributed by atoms with Crippen LogP contribution in [0.1, 0.15) is 44.2 Å². The van der Waals surface area contributed by atoms with Crippen LogP contribution in [0.25, 0.3) is 0 Å². The Bertz CT molecular complexity index is 674. The number of amides is 1. The second kappa shape index (κ2) is 7.34. The Hall–Kier alpha value is -2.56. The molecule has 0 aromatic heterocycles. The molecule has 1 amide bonds. The van der Waals surface area contributed by atoms with Crippen LogP contribution in [0.4, 0.5) is 18.9 Å². The van der Waals surface area contributed by atoms with Gasteiger partial charge in [-0.15, -0.1) is 0 Å². The number of carbonyl (C=O) groups excluding carboxylic acids is 1. The van der Waals surface area contributed by atoms with E-state index in [4.69, 9.17) is 5.26 Å². The number of anilines is 1. The van der Waals surface area contributed by atoms with Crippen molar-refractivity contribution in [2.24, 2.45) is 5.41 Å². The Morgan fingerprint density at radius 1 is 1.25 bits per heavy atom. The first-order valence-electron chi connectivity index (χ1n) is 7.24. The molecule has 130 valence electrons. The maximum Gasteiger partial charge on any atom is 0.417 e. The number of rotatable bonds is 6. The molecule has 0 unspecified atom stereocenters. The van der Waals surface area contributed by atoms with E-state index in [9.17, 15) is 27.9 Å². The van der Waals surface area contributed by atoms with E-state index < -0.39 is 34.6 Å². The maximum absolute atomic E-state index is 12.9. The average Bonchev–Trinajstić information content (AvgIpc) is 2.51. The van der Waals surface area contributed by atoms with Gasteiger partial charge in [0.25, 0.3) is 0 Å². The predicted molar refractivity (Wildman–Crippen MR) is 80.1 cm³/mol. The number of alkyl halides is 3. The Labute approximate surface area is 137 Å². The van der Waals surface area contributed by atoms with Crippen LogP contribution in [0, 0.1) is 16.7 Å². The molecule has 1 rings (SSSR count). The van der Waals surface area contributed by atoms with Gasteiger partial charge in [0.15, 0.2) is 0 Å². The highest BCUT2D eigenvalue weighted by molar-refractivity contribution is 5.94. The molecular formula is C16H17F3N2O3. The topological polar surface area (TPSA) is 90.2 Å². The third-order valence-electron chi connectivity index (χ3n) is 4.04. The molecule has 5 nitrogen and oxygen atoms in total. The van der Waals surface area contributed by atoms with Crippen molar-refractivity contribution in [1.82, 2.24) is 0 Å². The van der Waals surface area contributed by atoms with Crippen LogP contribution < -0.4 is 5.32 Å². The molecule has 0 atom stereocenters. The third kappa shape index (κ3) is 4.25. The molecule has 0 bridgehead atoms. The van der Waals surface area contributed by atoms with Crippen molar-refractivity contribution in [2.75, 3.05) is 5.32 Å². The largest absolute Gasteiger partial charge is 0.481 e. The first-order chi connectivity index (χ1) is 11.1. The molecule has 0 radical (unpaired) electrons. The van der Waals surface area contributed by atoms with E-state index in [-0.39, 0.29) is 24.9 Å². The quantitative estimate of drug-likeness (QED) is 0.823. The molecule has 0 heterocycles. The van der Waals surface area contributed by atoms with Crippen LogP contribution in [-0.4, -0.2) is 17.0 Å². The lowest BCUT2D eigenvalue weighted by Gasteiger charge is -2.25. The summed E-state index contributed by atoms with van der Waals surface area (Å²) in [5.41, 5.74) is -3.11. The number of carbonyl (C=O) groups is 2. The molecule has 0 aliphatic heterocycles. The number of carboxylic acids is 1. The van der Waals surface area contributed by atoms with E-state index in [1.165, 1.54) is 12.1 Å². The summed E-state index contributed by atoms with van der Waals surface area (Å²) in [6, 6.07) is 4.24. The highest BCUT2D eigenvalue weighted by Gasteiger charge is 2.37. The first kappa shape index (κ1) is 19.5. The van der Waals surface area contributed by atoms with Crippen LogP contribution in [0.2, 0.25) is 0 Å². The molecule has 0 saturated carbocycles. The monoisotopic (exact) mass is 342 g/mol. The van der Waals surface area contributed by atoms with Crippen molar-refractivity contribution in [3.63, 3.8) is 0 Å². The zero-order chi connectivity index (χ0) is 18.5. The highest BCUT2D eigenvalue weighted by Crippen LogP contribution is 2.34. The van der Waals surface area contributed by atoms with Crippen molar-refractivity contribution in [3.05, 3.63) is 29.3 Å². The summed E-state index contributed by atoms with van der Waals surface area (Å²) in [6.07, 6.45) is -4.65. The lowest BCUT2D eigenvalue weighted by atomic mass is 9.79. The number of halogens is 3. The van der Waals surface area contributed by atoms with E-state index in [1.807, 2.05) is 0 Å². The normalized spacial score (nSPS) is 11.7. The molecule has 1 aromatic carbocycles. The summed E-state index contributed by atoms with van der Waals surface area (Å²) in [5, 5.41) is 20.3. The highest BCUT2D eigenvalue weighted by atomic mass is 19.4. The first-order valence-corrected chi connectivity index (χ1v) is 7.24. The van der Waals surface area contributed by atoms with E-state index in [1.54, 1.807) is 13.8 Å². The summed E-state index contributed by atoms with van der Waals surface area (Å²) >= 11 is 0. The summed E-state index contributed by atoms with van der Waals surface area (Å²) in [7, 11) is 0. The van der Waals surface area contributed by atoms with Gasteiger partial charge >= 0.3 is 12.1 Å². The van der Waals surface area contributed by atoms with Gasteiger partial charge in [0.05, 0.1) is 22.6 Å². The van der Waals surface area contributed by atoms with Gasteiger partial charge in [-0.1, -0.05) is 13.8 Å². The van der Waals surface area contributed by atoms with Gasteiger partial charge < -0.3 is 10.4 Å². The third-order valence-corrected chi connectivity index (χ3v) is 4.04. The Morgan fingerprint density at radius 2 is 1.83 bits per heavy atom. The molecule has 0 aliphatic carbocycles. The van der Waals surface area contributed by atoms with Crippen molar-refractivity contribution in [3.8, 4) is 6.07 Å². The van der Waals surface area contributed by atoms with Crippen molar-refractivity contribution in [2.45, 2.75) is 39.3 Å². The number of aliphatic carboxylic acids is 1. The van der Waals surface area contributed by atoms with E-state index in [0.29, 0.717) is 6.07 Å². The van der Waals surface area contributed by atoms with Gasteiger partial charge in [0, 0.05) is 12.1 Å². The molecule has 0 saturated heterocycles. The Morgan fingerprint density at radius 3 is 2.25 bits per heavy atom. The van der Waals surface area contributed by atoms with Gasteiger partial charge in [-0.2, -0.15) is 18.4 Å². The van der Waals surface area contributed by atoms with Crippen molar-refractivity contribution in [1.29, 1.82) is 5.26 Å². The number of nitrogens with zero attached hydrogens (tertiary/aromatic N) is 1. The van der Waals surface area contributed by atoms with E-state index >= 15 is 0 Å². The molecule has 2 N–H and O–H groups in total. The summed E-state index contributed by atoms with van der Waals surface area (Å²) in [4.78, 5) is 23.4. The fraction of sp³-hybridized carbons (Fsp3) is 0.438. The number of nitriles is 1. The van der Waals surface area contributed by atoms with E-state index in [2.05, 4.69) is 5.32 Å². The van der Waals surface area contributed by atoms with Gasteiger partial charge in [0.1, 0.15) is 0 Å². The number of carboxylic acid groups (broad SMARTS) is 1. The van der Waals surface area contributed by atoms with Crippen LogP contribution >= 0.6 is 0 Å². The van der Waals surface area contributed by atoms with Crippen molar-refractivity contribution >= 4 is 17.6 Å². The second-order valence-electron chi connectivity index (χ2n) is 5.39. The second-order valence-corrected chi connectivity index (χ2v) is 5.39. The van der Waals surface area contributed by atoms with E-state index in [0.717, 1.165) is 6.07 Å². The Kier molecular flexibility index (Phi) is 5.96. The summed E-state index contributed by atoms with van der Waals surface area (Å²) < 4.78 is 38.7. The fourth-order valence-electron chi connectivity index (χ4n) is 2.34. The minimum absolute atomic E-state index is 0.141. The number of nitrogens with one attached hydrogen (secondary N) is 1. The maximum atomic E-state index is 12.9. The smallest absolute Gasteiger partial charge is 0.417 e. The molecule has 24 heavy (non-hydrogen) atoms. The molecule has 0 aliphatic rings. The molecule has 8 heteroatoms. The van der Waals surface area contributed by atoms with Gasteiger partial charge in [-0.3, -0.25) is 9.59 Å². The van der Waals surface area contributed by atoms with Crippen LogP contribution in [0.3, 0.4) is 0 Å². The fourth-order valence-corrected chi connectivity index (χ4v) is 2.34. The predicted octanol–water partition coefficient (Wildman–Crippen LogP) is 3.80. The SMILES string of the molecule is CCC(CC)(CC(=O)Nc1ccc(C#N)c(C(F)(F)F)c1)C(=O)O. The molecular weight excluding hydrogens is 325 g/mol. The summed E-state index contributed by atoms with van der Waals surface area (Å²) in [5.74, 6) is -1.82. The van der Waals surface area contributed by atoms with Crippen LogP contribution in [0.15, 0.2) is 18.2 Å². The number of benzene rings is 1. The van der Waals surface area contributed by atoms with Crippen molar-refractivity contribution < 1.29 is 27.9 Å². The number of hydrogen-bond acceptors (Lipinski definition) is 3. The lowest BCUT2D eigenvalue weighted by molar-refractivity contribution is -0.151. The van der Waals surface area contributed by atoms with Gasteiger partial charge in [-0.05, 0) is 31.0 Å². The minimum Gasteiger partial charge on any atom is -0.481 e. The van der Waals surface area contributed by atoms with Crippen LogP contribution in [0.5, 0.6) is 0 Å². The lowest BCUT2D eigenvalue weighted by Crippen LogP contribution is -2.34. The average molecular weight is 342 g/mol.